The van der Waals surface area contributed by atoms with Crippen LogP contribution >= 0.6 is 0 Å². The Hall–Kier alpha value is -0.0800. The van der Waals surface area contributed by atoms with Crippen molar-refractivity contribution < 1.29 is 0 Å². The van der Waals surface area contributed by atoms with Crippen LogP contribution in [0.25, 0.3) is 0 Å². The predicted molar refractivity (Wildman–Crippen MR) is 69.6 cm³/mol. The molecule has 2 atom stereocenters. The normalized spacial score (nSPS) is 34.1. The Bertz CT molecular complexity index is 197. The molecule has 2 saturated heterocycles. The van der Waals surface area contributed by atoms with Gasteiger partial charge in [0, 0.05) is 6.04 Å². The molecule has 0 aromatic heterocycles. The average Bonchev–Trinajstić information content (AvgIpc) is 2.31. The summed E-state index contributed by atoms with van der Waals surface area (Å²) < 4.78 is 0. The molecule has 2 nitrogen and oxygen atoms in total. The summed E-state index contributed by atoms with van der Waals surface area (Å²) in [5, 5.41) is 3.51. The van der Waals surface area contributed by atoms with Crippen molar-refractivity contribution in [2.24, 2.45) is 11.8 Å². The van der Waals surface area contributed by atoms with Crippen LogP contribution in [0.3, 0.4) is 0 Å². The van der Waals surface area contributed by atoms with E-state index < -0.39 is 0 Å². The van der Waals surface area contributed by atoms with Gasteiger partial charge in [-0.1, -0.05) is 26.7 Å². The number of hydrogen-bond acceptors (Lipinski definition) is 2. The minimum atomic E-state index is 0.844. The molecule has 0 aliphatic carbocycles. The van der Waals surface area contributed by atoms with E-state index in [-0.39, 0.29) is 0 Å². The first-order chi connectivity index (χ1) is 7.81. The molecule has 2 rings (SSSR count). The molecular weight excluding hydrogens is 196 g/mol. The van der Waals surface area contributed by atoms with Gasteiger partial charge < -0.3 is 10.2 Å². The lowest BCUT2D eigenvalue weighted by molar-refractivity contribution is 0.0787. The number of likely N-dealkylation sites (tertiary alicyclic amines) is 1. The van der Waals surface area contributed by atoms with Gasteiger partial charge in [-0.3, -0.25) is 0 Å². The van der Waals surface area contributed by atoms with E-state index in [1.54, 1.807) is 0 Å². The van der Waals surface area contributed by atoms with Gasteiger partial charge >= 0.3 is 0 Å². The first-order valence-corrected chi connectivity index (χ1v) is 7.26. The molecule has 0 amide bonds. The van der Waals surface area contributed by atoms with Crippen LogP contribution in [0.15, 0.2) is 0 Å². The highest BCUT2D eigenvalue weighted by atomic mass is 15.2. The smallest absolute Gasteiger partial charge is 0.0145 e. The maximum atomic E-state index is 3.51. The molecule has 2 heteroatoms. The molecule has 2 fully saturated rings. The highest BCUT2D eigenvalue weighted by Gasteiger charge is 2.29. The van der Waals surface area contributed by atoms with Gasteiger partial charge in [0.05, 0.1) is 0 Å². The van der Waals surface area contributed by atoms with Gasteiger partial charge in [-0.2, -0.15) is 0 Å². The second-order valence-electron chi connectivity index (χ2n) is 5.81. The Labute approximate surface area is 101 Å². The van der Waals surface area contributed by atoms with Crippen LogP contribution in [-0.2, 0) is 0 Å². The zero-order valence-electron chi connectivity index (χ0n) is 11.0. The summed E-state index contributed by atoms with van der Waals surface area (Å²) in [4.78, 5) is 2.78. The van der Waals surface area contributed by atoms with Crippen molar-refractivity contribution in [2.75, 3.05) is 26.2 Å². The average molecular weight is 224 g/mol. The van der Waals surface area contributed by atoms with E-state index in [1.165, 1.54) is 58.3 Å². The second-order valence-corrected chi connectivity index (χ2v) is 5.81. The van der Waals surface area contributed by atoms with Gasteiger partial charge in [0.25, 0.3) is 0 Å². The van der Waals surface area contributed by atoms with E-state index in [0.717, 1.165) is 17.9 Å². The lowest BCUT2D eigenvalue weighted by Crippen LogP contribution is -2.51. The van der Waals surface area contributed by atoms with Crippen LogP contribution in [0.2, 0.25) is 0 Å². The molecule has 16 heavy (non-hydrogen) atoms. The fourth-order valence-electron chi connectivity index (χ4n) is 3.52. The Kier molecular flexibility index (Phi) is 4.66. The third-order valence-corrected chi connectivity index (χ3v) is 4.56. The highest BCUT2D eigenvalue weighted by Crippen LogP contribution is 2.26. The number of rotatable bonds is 3. The molecule has 0 bridgehead atoms. The van der Waals surface area contributed by atoms with Crippen molar-refractivity contribution in [3.63, 3.8) is 0 Å². The first-order valence-electron chi connectivity index (χ1n) is 7.26. The molecular formula is C14H28N2. The number of nitrogens with one attached hydrogen (secondary N) is 1. The first kappa shape index (κ1) is 12.4. The SMILES string of the molecule is CCCC1CCN(C2CCNCC2C)CC1. The van der Waals surface area contributed by atoms with Gasteiger partial charge in [-0.25, -0.2) is 0 Å². The fourth-order valence-corrected chi connectivity index (χ4v) is 3.52. The molecule has 94 valence electrons. The molecule has 0 aromatic carbocycles. The standard InChI is InChI=1S/C14H28N2/c1-3-4-13-6-9-16(10-7-13)14-5-8-15-11-12(14)2/h12-15H,3-11H2,1-2H3. The summed E-state index contributed by atoms with van der Waals surface area (Å²) in [6.45, 7) is 9.90. The van der Waals surface area contributed by atoms with Gasteiger partial charge in [0.2, 0.25) is 0 Å². The molecule has 2 unspecified atom stereocenters. The Morgan fingerprint density at radius 2 is 1.94 bits per heavy atom. The van der Waals surface area contributed by atoms with Crippen LogP contribution in [-0.4, -0.2) is 37.1 Å². The lowest BCUT2D eigenvalue weighted by atomic mass is 9.88. The molecule has 0 saturated carbocycles. The third-order valence-electron chi connectivity index (χ3n) is 4.56. The molecule has 0 aromatic rings. The summed E-state index contributed by atoms with van der Waals surface area (Å²) in [5.74, 6) is 1.87. The van der Waals surface area contributed by atoms with Crippen molar-refractivity contribution in [1.29, 1.82) is 0 Å². The van der Waals surface area contributed by atoms with E-state index in [2.05, 4.69) is 24.1 Å². The maximum absolute atomic E-state index is 3.51. The van der Waals surface area contributed by atoms with Crippen LogP contribution < -0.4 is 5.32 Å². The molecule has 0 spiro atoms. The van der Waals surface area contributed by atoms with Crippen LogP contribution in [0.1, 0.15) is 46.0 Å². The minimum Gasteiger partial charge on any atom is -0.316 e. The van der Waals surface area contributed by atoms with Gasteiger partial charge in [-0.15, -0.1) is 0 Å². The third kappa shape index (κ3) is 2.98. The van der Waals surface area contributed by atoms with Crippen molar-refractivity contribution in [3.8, 4) is 0 Å². The quantitative estimate of drug-likeness (QED) is 0.792. The molecule has 2 heterocycles. The van der Waals surface area contributed by atoms with Crippen LogP contribution in [0.5, 0.6) is 0 Å². The van der Waals surface area contributed by atoms with E-state index in [1.807, 2.05) is 0 Å². The van der Waals surface area contributed by atoms with E-state index in [0.29, 0.717) is 0 Å². The van der Waals surface area contributed by atoms with Gasteiger partial charge in [-0.05, 0) is 57.3 Å². The van der Waals surface area contributed by atoms with E-state index in [4.69, 9.17) is 0 Å². The van der Waals surface area contributed by atoms with E-state index >= 15 is 0 Å². The molecule has 2 aliphatic heterocycles. The van der Waals surface area contributed by atoms with Crippen molar-refractivity contribution in [2.45, 2.75) is 52.0 Å². The molecule has 2 aliphatic rings. The van der Waals surface area contributed by atoms with Crippen molar-refractivity contribution in [3.05, 3.63) is 0 Å². The van der Waals surface area contributed by atoms with Crippen molar-refractivity contribution in [1.82, 2.24) is 10.2 Å². The summed E-state index contributed by atoms with van der Waals surface area (Å²) in [6.07, 6.45) is 7.08. The predicted octanol–water partition coefficient (Wildman–Crippen LogP) is 2.50. The van der Waals surface area contributed by atoms with Gasteiger partial charge in [0.1, 0.15) is 0 Å². The van der Waals surface area contributed by atoms with Crippen LogP contribution in [0.4, 0.5) is 0 Å². The Balaban J connectivity index is 1.79. The zero-order chi connectivity index (χ0) is 11.4. The summed E-state index contributed by atoms with van der Waals surface area (Å²) in [5.41, 5.74) is 0. The van der Waals surface area contributed by atoms with Gasteiger partial charge in [0.15, 0.2) is 0 Å². The number of hydrogen-bond donors (Lipinski definition) is 1. The molecule has 0 radical (unpaired) electrons. The minimum absolute atomic E-state index is 0.844. The Morgan fingerprint density at radius 1 is 1.19 bits per heavy atom. The van der Waals surface area contributed by atoms with Crippen LogP contribution in [0, 0.1) is 11.8 Å². The zero-order valence-corrected chi connectivity index (χ0v) is 11.0. The molecule has 1 N–H and O–H groups in total. The number of nitrogens with zero attached hydrogens (tertiary/aromatic N) is 1. The topological polar surface area (TPSA) is 15.3 Å². The maximum Gasteiger partial charge on any atom is 0.0145 e. The summed E-state index contributed by atoms with van der Waals surface area (Å²) >= 11 is 0. The highest BCUT2D eigenvalue weighted by molar-refractivity contribution is 4.85. The van der Waals surface area contributed by atoms with E-state index in [9.17, 15) is 0 Å². The monoisotopic (exact) mass is 224 g/mol. The second kappa shape index (κ2) is 6.02. The van der Waals surface area contributed by atoms with Crippen molar-refractivity contribution >= 4 is 0 Å². The Morgan fingerprint density at radius 3 is 2.56 bits per heavy atom. The fraction of sp³-hybridized carbons (Fsp3) is 1.00. The lowest BCUT2D eigenvalue weighted by Gasteiger charge is -2.42. The summed E-state index contributed by atoms with van der Waals surface area (Å²) in [7, 11) is 0. The number of piperidine rings is 2. The largest absolute Gasteiger partial charge is 0.316 e. The summed E-state index contributed by atoms with van der Waals surface area (Å²) in [6, 6.07) is 0.865.